The molecule has 0 aliphatic carbocycles. The van der Waals surface area contributed by atoms with Gasteiger partial charge in [-0.1, -0.05) is 23.7 Å². The molecule has 13 heavy (non-hydrogen) atoms. The average molecular weight is 228 g/mol. The normalized spacial score (nSPS) is 10.3. The Balaban J connectivity index is 0.000000252. The Bertz CT molecular complexity index is 236. The predicted octanol–water partition coefficient (Wildman–Crippen LogP) is -3.54. The lowest BCUT2D eigenvalue weighted by atomic mass is 10.3. The third-order valence-corrected chi connectivity index (χ3v) is 1.33. The highest BCUT2D eigenvalue weighted by molar-refractivity contribution is 6.32. The summed E-state index contributed by atoms with van der Waals surface area (Å²) in [6.45, 7) is 0. The van der Waals surface area contributed by atoms with Crippen molar-refractivity contribution in [1.29, 1.82) is 0 Å². The van der Waals surface area contributed by atoms with Gasteiger partial charge in [0.1, 0.15) is 10.7 Å². The monoisotopic (exact) mass is 227 g/mol. The SMILES string of the molecule is [NH3+]c1ccccc1Cl.[O-][Cl+3]([O-])([O-])[O-]. The summed E-state index contributed by atoms with van der Waals surface area (Å²) in [6, 6.07) is 7.50. The number of hydrogen-bond acceptors (Lipinski definition) is 4. The summed E-state index contributed by atoms with van der Waals surface area (Å²) >= 11 is 5.65. The molecule has 5 nitrogen and oxygen atoms in total. The molecule has 0 atom stereocenters. The second-order valence-electron chi connectivity index (χ2n) is 1.97. The van der Waals surface area contributed by atoms with Crippen molar-refractivity contribution in [2.45, 2.75) is 0 Å². The smallest absolute Gasteiger partial charge is 0.146 e. The summed E-state index contributed by atoms with van der Waals surface area (Å²) in [5.74, 6) is 0. The minimum absolute atomic E-state index is 0.729. The van der Waals surface area contributed by atoms with Crippen molar-refractivity contribution >= 4 is 17.3 Å². The van der Waals surface area contributed by atoms with Crippen LogP contribution >= 0.6 is 11.6 Å². The Morgan fingerprint density at radius 2 is 1.46 bits per heavy atom. The molecule has 0 radical (unpaired) electrons. The van der Waals surface area contributed by atoms with E-state index in [4.69, 9.17) is 30.2 Å². The molecule has 3 N–H and O–H groups in total. The van der Waals surface area contributed by atoms with Crippen LogP contribution in [0.25, 0.3) is 0 Å². The van der Waals surface area contributed by atoms with Crippen LogP contribution in [0.2, 0.25) is 5.02 Å². The maximum atomic E-state index is 8.49. The van der Waals surface area contributed by atoms with Gasteiger partial charge in [-0.15, -0.1) is 10.2 Å². The Labute approximate surface area is 81.7 Å². The average Bonchev–Trinajstić information content (AvgIpc) is 1.92. The van der Waals surface area contributed by atoms with E-state index in [0.29, 0.717) is 0 Å². The molecule has 0 amide bonds. The lowest BCUT2D eigenvalue weighted by Gasteiger charge is -2.17. The van der Waals surface area contributed by atoms with Crippen LogP contribution in [0.1, 0.15) is 0 Å². The maximum absolute atomic E-state index is 8.49. The maximum Gasteiger partial charge on any atom is 0.146 e. The highest BCUT2D eigenvalue weighted by atomic mass is 35.7. The molecule has 74 valence electrons. The third-order valence-electron chi connectivity index (χ3n) is 0.958. The second kappa shape index (κ2) is 5.36. The molecule has 7 heteroatoms. The Hall–Kier alpha value is -0.400. The number of quaternary nitrogens is 1. The molecule has 0 heterocycles. The van der Waals surface area contributed by atoms with Crippen LogP contribution in [0.15, 0.2) is 24.3 Å². The Kier molecular flexibility index (Phi) is 5.19. The largest absolute Gasteiger partial charge is 0.324 e. The highest BCUT2D eigenvalue weighted by Gasteiger charge is 1.91. The van der Waals surface area contributed by atoms with Gasteiger partial charge in [-0.2, -0.15) is 0 Å². The summed E-state index contributed by atoms with van der Waals surface area (Å²) in [5.41, 5.74) is 4.57. The van der Waals surface area contributed by atoms with Crippen LogP contribution in [0.3, 0.4) is 0 Å². The van der Waals surface area contributed by atoms with Crippen LogP contribution in [-0.2, 0) is 0 Å². The van der Waals surface area contributed by atoms with Gasteiger partial charge in [0.25, 0.3) is 0 Å². The molecule has 0 aromatic heterocycles. The molecule has 0 saturated heterocycles. The van der Waals surface area contributed by atoms with Gasteiger partial charge in [0.2, 0.25) is 0 Å². The van der Waals surface area contributed by atoms with E-state index in [1.165, 1.54) is 0 Å². The van der Waals surface area contributed by atoms with Crippen molar-refractivity contribution in [3.05, 3.63) is 29.3 Å². The summed E-state index contributed by atoms with van der Waals surface area (Å²) in [5, 5.41) is 0.729. The fourth-order valence-electron chi connectivity index (χ4n) is 0.498. The zero-order valence-corrected chi connectivity index (χ0v) is 7.92. The van der Waals surface area contributed by atoms with Gasteiger partial charge in [-0.05, 0) is 6.07 Å². The van der Waals surface area contributed by atoms with Crippen LogP contribution in [0.4, 0.5) is 5.69 Å². The molecular formula is C6H7Cl2NO4. The number of rotatable bonds is 0. The van der Waals surface area contributed by atoms with E-state index < -0.39 is 10.2 Å². The molecule has 0 aliphatic heterocycles. The predicted molar refractivity (Wildman–Crippen MR) is 34.0 cm³/mol. The van der Waals surface area contributed by atoms with Crippen LogP contribution in [0, 0.1) is 10.2 Å². The summed E-state index contributed by atoms with van der Waals surface area (Å²) < 4.78 is 34.0. The lowest BCUT2D eigenvalue weighted by molar-refractivity contribution is -2.00. The first-order chi connectivity index (χ1) is 5.80. The molecule has 0 fully saturated rings. The minimum atomic E-state index is -4.94. The van der Waals surface area contributed by atoms with E-state index >= 15 is 0 Å². The van der Waals surface area contributed by atoms with Crippen LogP contribution < -0.4 is 24.4 Å². The summed E-state index contributed by atoms with van der Waals surface area (Å²) in [6.07, 6.45) is 0. The molecule has 0 unspecified atom stereocenters. The van der Waals surface area contributed by atoms with E-state index in [-0.39, 0.29) is 0 Å². The molecular weight excluding hydrogens is 221 g/mol. The van der Waals surface area contributed by atoms with Gasteiger partial charge in [0.15, 0.2) is 0 Å². The van der Waals surface area contributed by atoms with E-state index in [2.05, 4.69) is 5.73 Å². The van der Waals surface area contributed by atoms with E-state index in [1.807, 2.05) is 24.3 Å². The molecule has 1 rings (SSSR count). The standard InChI is InChI=1S/C6H6ClN.ClHO4/c7-5-3-1-2-4-6(5)8;2-1(3,4)5/h1-4H,8H2;(H,2,3,4,5). The van der Waals surface area contributed by atoms with E-state index in [0.717, 1.165) is 10.7 Å². The van der Waals surface area contributed by atoms with Crippen molar-refractivity contribution in [2.75, 3.05) is 0 Å². The van der Waals surface area contributed by atoms with Crippen LogP contribution in [0.5, 0.6) is 0 Å². The zero-order valence-electron chi connectivity index (χ0n) is 6.41. The molecule has 1 aromatic carbocycles. The zero-order chi connectivity index (χ0) is 10.5. The number of hydrogen-bond donors (Lipinski definition) is 1. The van der Waals surface area contributed by atoms with Gasteiger partial charge < -0.3 is 5.73 Å². The van der Waals surface area contributed by atoms with Crippen molar-refractivity contribution in [3.8, 4) is 0 Å². The van der Waals surface area contributed by atoms with Crippen molar-refractivity contribution in [2.24, 2.45) is 0 Å². The fourth-order valence-corrected chi connectivity index (χ4v) is 0.634. The van der Waals surface area contributed by atoms with Gasteiger partial charge in [-0.25, -0.2) is 18.6 Å². The summed E-state index contributed by atoms with van der Waals surface area (Å²) in [4.78, 5) is 0. The number of halogens is 2. The topological polar surface area (TPSA) is 120 Å². The van der Waals surface area contributed by atoms with Crippen LogP contribution in [-0.4, -0.2) is 0 Å². The lowest BCUT2D eigenvalue weighted by Crippen LogP contribution is -2.68. The molecule has 0 bridgehead atoms. The first-order valence-electron chi connectivity index (χ1n) is 2.99. The van der Waals surface area contributed by atoms with Gasteiger partial charge in [0.05, 0.1) is 0 Å². The number of benzene rings is 1. The fraction of sp³-hybridized carbons (Fsp3) is 0. The first kappa shape index (κ1) is 12.6. The quantitative estimate of drug-likeness (QED) is 0.494. The second-order valence-corrected chi connectivity index (χ2v) is 3.13. The molecule has 0 aliphatic rings. The van der Waals surface area contributed by atoms with E-state index in [9.17, 15) is 0 Å². The van der Waals surface area contributed by atoms with Gasteiger partial charge in [0, 0.05) is 6.07 Å². The van der Waals surface area contributed by atoms with E-state index in [1.54, 1.807) is 0 Å². The molecule has 0 spiro atoms. The Morgan fingerprint density at radius 1 is 1.08 bits per heavy atom. The third kappa shape index (κ3) is 9.51. The highest BCUT2D eigenvalue weighted by Crippen LogP contribution is 2.13. The van der Waals surface area contributed by atoms with Gasteiger partial charge >= 0.3 is 0 Å². The first-order valence-corrected chi connectivity index (χ1v) is 4.60. The molecule has 1 aromatic rings. The molecule has 0 saturated carbocycles. The van der Waals surface area contributed by atoms with Crippen molar-refractivity contribution < 1.29 is 34.6 Å². The van der Waals surface area contributed by atoms with Crippen molar-refractivity contribution in [3.63, 3.8) is 0 Å². The summed E-state index contributed by atoms with van der Waals surface area (Å²) in [7, 11) is -4.94. The Morgan fingerprint density at radius 3 is 1.69 bits per heavy atom. The minimum Gasteiger partial charge on any atom is -0.324 e. The van der Waals surface area contributed by atoms with Crippen molar-refractivity contribution in [1.82, 2.24) is 0 Å². The van der Waals surface area contributed by atoms with Gasteiger partial charge in [-0.3, -0.25) is 0 Å².